The van der Waals surface area contributed by atoms with Crippen LogP contribution in [0.4, 0.5) is 21.8 Å². The van der Waals surface area contributed by atoms with E-state index in [-0.39, 0.29) is 5.82 Å². The number of aromatic nitrogens is 3. The molecule has 0 unspecified atom stereocenters. The summed E-state index contributed by atoms with van der Waals surface area (Å²) >= 11 is 0. The van der Waals surface area contributed by atoms with Crippen LogP contribution in [0.5, 0.6) is 0 Å². The monoisotopic (exact) mass is 356 g/mol. The van der Waals surface area contributed by atoms with Crippen LogP contribution in [-0.2, 0) is 0 Å². The summed E-state index contributed by atoms with van der Waals surface area (Å²) in [6, 6.07) is 7.17. The predicted molar refractivity (Wildman–Crippen MR) is 101 cm³/mol. The normalized spacial score (nSPS) is 18.8. The van der Waals surface area contributed by atoms with Crippen LogP contribution < -0.4 is 15.1 Å². The molecule has 6 nitrogen and oxygen atoms in total. The first-order valence-corrected chi connectivity index (χ1v) is 9.50. The molecule has 1 aromatic carbocycles. The summed E-state index contributed by atoms with van der Waals surface area (Å²) in [5.41, 5.74) is 1.06. The Labute approximate surface area is 153 Å². The van der Waals surface area contributed by atoms with Gasteiger partial charge in [0.05, 0.1) is 6.20 Å². The van der Waals surface area contributed by atoms with E-state index < -0.39 is 0 Å². The van der Waals surface area contributed by atoms with Gasteiger partial charge in [0.1, 0.15) is 5.82 Å². The number of hydrogen-bond acceptors (Lipinski definition) is 6. The largest absolute Gasteiger partial charge is 0.368 e. The fourth-order valence-corrected chi connectivity index (χ4v) is 3.78. The summed E-state index contributed by atoms with van der Waals surface area (Å²) in [6.07, 6.45) is 7.98. The molecule has 4 rings (SSSR count). The van der Waals surface area contributed by atoms with Gasteiger partial charge in [0.15, 0.2) is 5.82 Å². The van der Waals surface area contributed by atoms with Crippen molar-refractivity contribution in [2.75, 3.05) is 41.3 Å². The van der Waals surface area contributed by atoms with Crippen LogP contribution >= 0.6 is 0 Å². The molecular formula is C19H25FN6. The van der Waals surface area contributed by atoms with Crippen molar-refractivity contribution in [3.63, 3.8) is 0 Å². The molecule has 0 bridgehead atoms. The van der Waals surface area contributed by atoms with E-state index in [2.05, 4.69) is 30.3 Å². The lowest BCUT2D eigenvalue weighted by atomic mass is 9.96. The van der Waals surface area contributed by atoms with E-state index in [4.69, 9.17) is 0 Å². The van der Waals surface area contributed by atoms with E-state index in [1.54, 1.807) is 6.20 Å². The third-order valence-corrected chi connectivity index (χ3v) is 5.28. The Hall–Kier alpha value is -2.44. The lowest BCUT2D eigenvalue weighted by Gasteiger charge is -2.36. The van der Waals surface area contributed by atoms with Gasteiger partial charge in [0.2, 0.25) is 5.95 Å². The molecule has 2 fully saturated rings. The number of anilines is 3. The molecule has 1 saturated heterocycles. The second-order valence-electron chi connectivity index (χ2n) is 7.07. The molecule has 2 heterocycles. The highest BCUT2D eigenvalue weighted by Gasteiger charge is 2.20. The molecule has 1 N–H and O–H groups in total. The number of benzene rings is 1. The average Bonchev–Trinajstić information content (AvgIpc) is 2.70. The molecule has 7 heteroatoms. The molecule has 0 atom stereocenters. The Morgan fingerprint density at radius 1 is 0.923 bits per heavy atom. The smallest absolute Gasteiger partial charge is 0.244 e. The van der Waals surface area contributed by atoms with Crippen molar-refractivity contribution in [3.05, 3.63) is 36.3 Å². The zero-order valence-electron chi connectivity index (χ0n) is 14.9. The number of hydrogen-bond donors (Lipinski definition) is 1. The van der Waals surface area contributed by atoms with Gasteiger partial charge in [0, 0.05) is 37.9 Å². The van der Waals surface area contributed by atoms with Crippen LogP contribution in [0.25, 0.3) is 0 Å². The Morgan fingerprint density at radius 2 is 1.62 bits per heavy atom. The minimum Gasteiger partial charge on any atom is -0.368 e. The minimum atomic E-state index is -0.197. The lowest BCUT2D eigenvalue weighted by molar-refractivity contribution is 0.460. The van der Waals surface area contributed by atoms with E-state index in [0.29, 0.717) is 12.0 Å². The Morgan fingerprint density at radius 3 is 2.35 bits per heavy atom. The van der Waals surface area contributed by atoms with Gasteiger partial charge in [-0.1, -0.05) is 19.3 Å². The first-order valence-electron chi connectivity index (χ1n) is 9.50. The maximum Gasteiger partial charge on any atom is 0.244 e. The van der Waals surface area contributed by atoms with Gasteiger partial charge in [-0.05, 0) is 37.1 Å². The van der Waals surface area contributed by atoms with E-state index in [1.807, 2.05) is 12.1 Å². The molecule has 1 saturated carbocycles. The molecule has 26 heavy (non-hydrogen) atoms. The molecule has 138 valence electrons. The standard InChI is InChI=1S/C19H25FN6/c20-15-6-8-17(9-7-15)25-10-12-26(13-11-25)18-14-21-24-19(23-18)22-16-4-2-1-3-5-16/h6-9,14,16H,1-5,10-13H2,(H,22,23,24). The van der Waals surface area contributed by atoms with Gasteiger partial charge < -0.3 is 15.1 Å². The Balaban J connectivity index is 1.36. The van der Waals surface area contributed by atoms with Crippen molar-refractivity contribution in [1.82, 2.24) is 15.2 Å². The molecule has 0 amide bonds. The van der Waals surface area contributed by atoms with Gasteiger partial charge in [0.25, 0.3) is 0 Å². The summed E-state index contributed by atoms with van der Waals surface area (Å²) in [5.74, 6) is 1.31. The van der Waals surface area contributed by atoms with E-state index >= 15 is 0 Å². The fourth-order valence-electron chi connectivity index (χ4n) is 3.78. The SMILES string of the molecule is Fc1ccc(N2CCN(c3cnnc(NC4CCCCC4)n3)CC2)cc1. The van der Waals surface area contributed by atoms with Gasteiger partial charge in [-0.25, -0.2) is 4.39 Å². The van der Waals surface area contributed by atoms with Crippen LogP contribution in [0.2, 0.25) is 0 Å². The third-order valence-electron chi connectivity index (χ3n) is 5.28. The molecule has 0 radical (unpaired) electrons. The van der Waals surface area contributed by atoms with Crippen LogP contribution in [-0.4, -0.2) is 47.4 Å². The highest BCUT2D eigenvalue weighted by molar-refractivity contribution is 5.49. The lowest BCUT2D eigenvalue weighted by Crippen LogP contribution is -2.47. The highest BCUT2D eigenvalue weighted by Crippen LogP contribution is 2.22. The summed E-state index contributed by atoms with van der Waals surface area (Å²) < 4.78 is 13.1. The fraction of sp³-hybridized carbons (Fsp3) is 0.526. The van der Waals surface area contributed by atoms with E-state index in [0.717, 1.165) is 37.7 Å². The van der Waals surface area contributed by atoms with Crippen LogP contribution in [0, 0.1) is 5.82 Å². The van der Waals surface area contributed by atoms with Crippen molar-refractivity contribution in [1.29, 1.82) is 0 Å². The second-order valence-corrected chi connectivity index (χ2v) is 7.07. The molecule has 2 aliphatic rings. The maximum absolute atomic E-state index is 13.1. The van der Waals surface area contributed by atoms with Gasteiger partial charge in [-0.3, -0.25) is 0 Å². The molecule has 1 aliphatic carbocycles. The highest BCUT2D eigenvalue weighted by atomic mass is 19.1. The summed E-state index contributed by atoms with van der Waals surface area (Å²) in [5, 5.41) is 11.7. The average molecular weight is 356 g/mol. The van der Waals surface area contributed by atoms with E-state index in [9.17, 15) is 4.39 Å². The number of piperazine rings is 1. The third kappa shape index (κ3) is 4.03. The van der Waals surface area contributed by atoms with Crippen molar-refractivity contribution in [3.8, 4) is 0 Å². The van der Waals surface area contributed by atoms with E-state index in [1.165, 1.54) is 44.2 Å². The number of halogens is 1. The van der Waals surface area contributed by atoms with Gasteiger partial charge in [-0.2, -0.15) is 10.1 Å². The van der Waals surface area contributed by atoms with Crippen molar-refractivity contribution in [2.45, 2.75) is 38.1 Å². The minimum absolute atomic E-state index is 0.197. The predicted octanol–water partition coefficient (Wildman–Crippen LogP) is 3.08. The zero-order valence-corrected chi connectivity index (χ0v) is 14.9. The van der Waals surface area contributed by atoms with Crippen LogP contribution in [0.3, 0.4) is 0 Å². The maximum atomic E-state index is 13.1. The topological polar surface area (TPSA) is 57.2 Å². The van der Waals surface area contributed by atoms with Crippen LogP contribution in [0.1, 0.15) is 32.1 Å². The molecule has 1 aliphatic heterocycles. The van der Waals surface area contributed by atoms with Crippen molar-refractivity contribution < 1.29 is 4.39 Å². The van der Waals surface area contributed by atoms with Crippen molar-refractivity contribution >= 4 is 17.5 Å². The zero-order chi connectivity index (χ0) is 17.8. The Kier molecular flexibility index (Phi) is 5.13. The van der Waals surface area contributed by atoms with Gasteiger partial charge in [-0.15, -0.1) is 5.10 Å². The summed E-state index contributed by atoms with van der Waals surface area (Å²) in [4.78, 5) is 9.18. The van der Waals surface area contributed by atoms with Gasteiger partial charge >= 0.3 is 0 Å². The van der Waals surface area contributed by atoms with Crippen LogP contribution in [0.15, 0.2) is 30.5 Å². The first kappa shape index (κ1) is 17.0. The first-order chi connectivity index (χ1) is 12.8. The number of nitrogens with zero attached hydrogens (tertiary/aromatic N) is 5. The Bertz CT molecular complexity index is 708. The molecule has 0 spiro atoms. The van der Waals surface area contributed by atoms with Crippen molar-refractivity contribution in [2.24, 2.45) is 0 Å². The molecule has 1 aromatic heterocycles. The number of rotatable bonds is 4. The quantitative estimate of drug-likeness (QED) is 0.909. The summed E-state index contributed by atoms with van der Waals surface area (Å²) in [7, 11) is 0. The molecular weight excluding hydrogens is 331 g/mol. The number of nitrogens with one attached hydrogen (secondary N) is 1. The second kappa shape index (κ2) is 7.85. The summed E-state index contributed by atoms with van der Waals surface area (Å²) in [6.45, 7) is 3.47. The molecule has 2 aromatic rings.